The van der Waals surface area contributed by atoms with E-state index in [2.05, 4.69) is 20.3 Å². The van der Waals surface area contributed by atoms with Crippen molar-refractivity contribution in [2.75, 3.05) is 5.32 Å². The summed E-state index contributed by atoms with van der Waals surface area (Å²) in [4.78, 5) is 11.1. The number of nitrogens with zero attached hydrogens (tertiary/aromatic N) is 1. The zero-order valence-electron chi connectivity index (χ0n) is 6.41. The van der Waals surface area contributed by atoms with Gasteiger partial charge in [-0.1, -0.05) is 5.16 Å². The maximum atomic E-state index is 11.1. The van der Waals surface area contributed by atoms with Gasteiger partial charge >= 0.3 is 6.03 Å². The van der Waals surface area contributed by atoms with E-state index in [1.54, 1.807) is 6.07 Å². The fourth-order valence-electron chi connectivity index (χ4n) is 0.841. The standard InChI is InChI=1S/C7H9N3O2/c11-7(9-5-1-2-5)10-6-3-4-8-12-6/h3-5H,1-2H2,(H2,9,10,11). The third-order valence-corrected chi connectivity index (χ3v) is 1.59. The van der Waals surface area contributed by atoms with Crippen LogP contribution in [0, 0.1) is 0 Å². The molecule has 12 heavy (non-hydrogen) atoms. The number of carbonyl (C=O) groups excluding carboxylic acids is 1. The van der Waals surface area contributed by atoms with Crippen LogP contribution in [0.3, 0.4) is 0 Å². The fraction of sp³-hybridized carbons (Fsp3) is 0.429. The molecule has 2 N–H and O–H groups in total. The quantitative estimate of drug-likeness (QED) is 0.689. The summed E-state index contributed by atoms with van der Waals surface area (Å²) in [6.45, 7) is 0. The Bertz CT molecular complexity index is 266. The van der Waals surface area contributed by atoms with Crippen molar-refractivity contribution in [1.82, 2.24) is 10.5 Å². The third kappa shape index (κ3) is 1.75. The van der Waals surface area contributed by atoms with Crippen LogP contribution in [0.2, 0.25) is 0 Å². The molecule has 1 aliphatic carbocycles. The second kappa shape index (κ2) is 2.84. The van der Waals surface area contributed by atoms with Gasteiger partial charge < -0.3 is 9.84 Å². The van der Waals surface area contributed by atoms with Gasteiger partial charge in [-0.2, -0.15) is 0 Å². The molecule has 0 bridgehead atoms. The van der Waals surface area contributed by atoms with Gasteiger partial charge in [-0.05, 0) is 12.8 Å². The van der Waals surface area contributed by atoms with Crippen molar-refractivity contribution in [2.24, 2.45) is 0 Å². The summed E-state index contributed by atoms with van der Waals surface area (Å²) >= 11 is 0. The Morgan fingerprint density at radius 3 is 3.08 bits per heavy atom. The highest BCUT2D eigenvalue weighted by molar-refractivity contribution is 5.88. The Kier molecular flexibility index (Phi) is 1.69. The van der Waals surface area contributed by atoms with E-state index in [0.717, 1.165) is 12.8 Å². The van der Waals surface area contributed by atoms with Gasteiger partial charge in [0.15, 0.2) is 0 Å². The summed E-state index contributed by atoms with van der Waals surface area (Å²) in [6, 6.07) is 1.72. The zero-order valence-corrected chi connectivity index (χ0v) is 6.41. The molecule has 1 saturated carbocycles. The number of hydrogen-bond acceptors (Lipinski definition) is 3. The molecule has 1 aromatic heterocycles. The van der Waals surface area contributed by atoms with Crippen LogP contribution in [0.5, 0.6) is 0 Å². The van der Waals surface area contributed by atoms with Gasteiger partial charge in [0.25, 0.3) is 0 Å². The molecule has 1 heterocycles. The minimum Gasteiger partial charge on any atom is -0.338 e. The lowest BCUT2D eigenvalue weighted by Gasteiger charge is -2.01. The Morgan fingerprint density at radius 2 is 2.50 bits per heavy atom. The number of carbonyl (C=O) groups is 1. The number of rotatable bonds is 2. The molecule has 0 unspecified atom stereocenters. The van der Waals surface area contributed by atoms with E-state index < -0.39 is 0 Å². The molecule has 0 spiro atoms. The van der Waals surface area contributed by atoms with Gasteiger partial charge in [0, 0.05) is 12.1 Å². The molecule has 0 saturated heterocycles. The molecule has 5 heteroatoms. The highest BCUT2D eigenvalue weighted by atomic mass is 16.5. The van der Waals surface area contributed by atoms with Crippen LogP contribution in [0.25, 0.3) is 0 Å². The minimum absolute atomic E-state index is 0.228. The number of hydrogen-bond donors (Lipinski definition) is 2. The van der Waals surface area contributed by atoms with Crippen molar-refractivity contribution in [1.29, 1.82) is 0 Å². The van der Waals surface area contributed by atoms with Gasteiger partial charge in [-0.25, -0.2) is 4.79 Å². The second-order valence-electron chi connectivity index (χ2n) is 2.75. The Labute approximate surface area is 69.1 Å². The van der Waals surface area contributed by atoms with E-state index in [9.17, 15) is 4.79 Å². The highest BCUT2D eigenvalue weighted by Gasteiger charge is 2.23. The predicted molar refractivity (Wildman–Crippen MR) is 41.7 cm³/mol. The Balaban J connectivity index is 1.82. The van der Waals surface area contributed by atoms with Gasteiger partial charge in [-0.15, -0.1) is 0 Å². The summed E-state index contributed by atoms with van der Waals surface area (Å²) in [7, 11) is 0. The summed E-state index contributed by atoms with van der Waals surface area (Å²) in [5, 5.41) is 8.72. The topological polar surface area (TPSA) is 67.2 Å². The van der Waals surface area contributed by atoms with Crippen molar-refractivity contribution in [3.05, 3.63) is 12.3 Å². The van der Waals surface area contributed by atoms with Crippen molar-refractivity contribution >= 4 is 11.9 Å². The number of nitrogens with one attached hydrogen (secondary N) is 2. The molecule has 0 radical (unpaired) electrons. The lowest BCUT2D eigenvalue weighted by atomic mass is 10.6. The van der Waals surface area contributed by atoms with Gasteiger partial charge in [0.1, 0.15) is 0 Å². The van der Waals surface area contributed by atoms with E-state index in [1.165, 1.54) is 6.20 Å². The molecule has 2 amide bonds. The van der Waals surface area contributed by atoms with Crippen LogP contribution >= 0.6 is 0 Å². The zero-order chi connectivity index (χ0) is 8.39. The van der Waals surface area contributed by atoms with E-state index in [4.69, 9.17) is 0 Å². The molecule has 0 aromatic carbocycles. The summed E-state index contributed by atoms with van der Waals surface area (Å²) in [5.41, 5.74) is 0. The minimum atomic E-state index is -0.228. The lowest BCUT2D eigenvalue weighted by Crippen LogP contribution is -2.30. The van der Waals surface area contributed by atoms with Gasteiger partial charge in [-0.3, -0.25) is 5.32 Å². The van der Waals surface area contributed by atoms with Crippen LogP contribution in [0.4, 0.5) is 10.7 Å². The van der Waals surface area contributed by atoms with E-state index in [1.807, 2.05) is 0 Å². The predicted octanol–water partition coefficient (Wildman–Crippen LogP) is 0.958. The monoisotopic (exact) mass is 167 g/mol. The van der Waals surface area contributed by atoms with Crippen LogP contribution in [0.15, 0.2) is 16.8 Å². The van der Waals surface area contributed by atoms with Crippen molar-refractivity contribution in [3.8, 4) is 0 Å². The summed E-state index contributed by atoms with van der Waals surface area (Å²) in [5.74, 6) is 0.369. The number of aromatic nitrogens is 1. The van der Waals surface area contributed by atoms with Crippen LogP contribution < -0.4 is 10.6 Å². The van der Waals surface area contributed by atoms with Crippen molar-refractivity contribution in [2.45, 2.75) is 18.9 Å². The SMILES string of the molecule is O=C(Nc1ccno1)NC1CC1. The van der Waals surface area contributed by atoms with Crippen LogP contribution in [-0.4, -0.2) is 17.2 Å². The fourth-order valence-corrected chi connectivity index (χ4v) is 0.841. The molecule has 1 aliphatic rings. The lowest BCUT2D eigenvalue weighted by molar-refractivity contribution is 0.251. The van der Waals surface area contributed by atoms with Crippen LogP contribution in [-0.2, 0) is 0 Å². The second-order valence-corrected chi connectivity index (χ2v) is 2.75. The average Bonchev–Trinajstić information content (AvgIpc) is 2.66. The molecule has 1 aromatic rings. The normalized spacial score (nSPS) is 15.7. The molecule has 64 valence electrons. The number of amides is 2. The number of anilines is 1. The molecule has 0 aliphatic heterocycles. The maximum absolute atomic E-state index is 11.1. The Hall–Kier alpha value is -1.52. The first-order valence-electron chi connectivity index (χ1n) is 3.83. The van der Waals surface area contributed by atoms with E-state index in [-0.39, 0.29) is 6.03 Å². The molecule has 0 atom stereocenters. The molecule has 2 rings (SSSR count). The highest BCUT2D eigenvalue weighted by Crippen LogP contribution is 2.18. The third-order valence-electron chi connectivity index (χ3n) is 1.59. The molecular formula is C7H9N3O2. The Morgan fingerprint density at radius 1 is 1.67 bits per heavy atom. The summed E-state index contributed by atoms with van der Waals surface area (Å²) in [6.07, 6.45) is 3.63. The van der Waals surface area contributed by atoms with Gasteiger partial charge in [0.05, 0.1) is 6.20 Å². The first-order chi connectivity index (χ1) is 5.84. The van der Waals surface area contributed by atoms with Crippen molar-refractivity contribution in [3.63, 3.8) is 0 Å². The molecule has 1 fully saturated rings. The average molecular weight is 167 g/mol. The largest absolute Gasteiger partial charge is 0.338 e. The first kappa shape index (κ1) is 7.15. The molecular weight excluding hydrogens is 158 g/mol. The maximum Gasteiger partial charge on any atom is 0.321 e. The summed E-state index contributed by atoms with van der Waals surface area (Å²) < 4.78 is 4.68. The first-order valence-corrected chi connectivity index (χ1v) is 3.83. The number of urea groups is 1. The van der Waals surface area contributed by atoms with E-state index >= 15 is 0 Å². The van der Waals surface area contributed by atoms with Crippen LogP contribution in [0.1, 0.15) is 12.8 Å². The van der Waals surface area contributed by atoms with Gasteiger partial charge in [0.2, 0.25) is 5.88 Å². The smallest absolute Gasteiger partial charge is 0.321 e. The molecule has 5 nitrogen and oxygen atoms in total. The van der Waals surface area contributed by atoms with E-state index in [0.29, 0.717) is 11.9 Å². The van der Waals surface area contributed by atoms with Crippen molar-refractivity contribution < 1.29 is 9.32 Å².